The van der Waals surface area contributed by atoms with E-state index < -0.39 is 0 Å². The third-order valence-electron chi connectivity index (χ3n) is 2.29. The minimum atomic E-state index is 0. The highest BCUT2D eigenvalue weighted by Crippen LogP contribution is 2.33. The lowest BCUT2D eigenvalue weighted by molar-refractivity contribution is 0.469. The van der Waals surface area contributed by atoms with Crippen molar-refractivity contribution in [3.8, 4) is 11.5 Å². The fourth-order valence-electron chi connectivity index (χ4n) is 1.64. The van der Waals surface area contributed by atoms with Crippen molar-refractivity contribution in [1.82, 2.24) is 4.98 Å². The normalized spacial score (nSPS) is 10.2. The maximum Gasteiger partial charge on any atom is 0.139 e. The number of phenolic OH excluding ortho intramolecular Hbond substituents is 2. The molecule has 5 N–H and O–H groups in total. The number of hydrogen-bond acceptors (Lipinski definition) is 3. The molecular formula is C11H16N2O2. The predicted molar refractivity (Wildman–Crippen MR) is 61.1 cm³/mol. The lowest BCUT2D eigenvalue weighted by Gasteiger charge is -2.00. The van der Waals surface area contributed by atoms with E-state index in [1.54, 1.807) is 6.20 Å². The number of fused-ring (bicyclic) bond motifs is 1. The Balaban J connectivity index is 0.00000112. The van der Waals surface area contributed by atoms with Crippen LogP contribution >= 0.6 is 0 Å². The standard InChI is InChI=1S/C10H12N2O2.CH4/c11-4-3-6-5-12-10-8(14)2-1-7(13)9(6)10;/h1-2,5,12-14H,3-4,11H2;1H4. The summed E-state index contributed by atoms with van der Waals surface area (Å²) >= 11 is 0. The molecule has 4 nitrogen and oxygen atoms in total. The fourth-order valence-corrected chi connectivity index (χ4v) is 1.64. The number of H-pyrrole nitrogens is 1. The fraction of sp³-hybridized carbons (Fsp3) is 0.273. The quantitative estimate of drug-likeness (QED) is 0.567. The van der Waals surface area contributed by atoms with Gasteiger partial charge in [0.15, 0.2) is 0 Å². The summed E-state index contributed by atoms with van der Waals surface area (Å²) in [5.74, 6) is 0.309. The highest BCUT2D eigenvalue weighted by Gasteiger charge is 2.10. The number of aromatic hydroxyl groups is 2. The van der Waals surface area contributed by atoms with Gasteiger partial charge in [-0.05, 0) is 30.7 Å². The van der Waals surface area contributed by atoms with Crippen LogP contribution in [-0.4, -0.2) is 21.7 Å². The Morgan fingerprint density at radius 2 is 1.87 bits per heavy atom. The van der Waals surface area contributed by atoms with Gasteiger partial charge in [-0.3, -0.25) is 0 Å². The molecule has 2 aromatic rings. The van der Waals surface area contributed by atoms with E-state index in [1.807, 2.05) is 0 Å². The number of aromatic nitrogens is 1. The average molecular weight is 208 g/mol. The minimum absolute atomic E-state index is 0. The summed E-state index contributed by atoms with van der Waals surface area (Å²) in [5, 5.41) is 19.8. The zero-order chi connectivity index (χ0) is 10.1. The van der Waals surface area contributed by atoms with Gasteiger partial charge in [0.1, 0.15) is 11.5 Å². The molecule has 2 rings (SSSR count). The molecule has 82 valence electrons. The first kappa shape index (κ1) is 11.4. The zero-order valence-corrected chi connectivity index (χ0v) is 7.62. The van der Waals surface area contributed by atoms with Crippen molar-refractivity contribution in [2.45, 2.75) is 13.8 Å². The molecule has 0 bridgehead atoms. The number of rotatable bonds is 2. The van der Waals surface area contributed by atoms with Gasteiger partial charge < -0.3 is 20.9 Å². The highest BCUT2D eigenvalue weighted by molar-refractivity contribution is 5.93. The molecule has 0 amide bonds. The van der Waals surface area contributed by atoms with Crippen molar-refractivity contribution in [3.63, 3.8) is 0 Å². The van der Waals surface area contributed by atoms with E-state index in [4.69, 9.17) is 5.73 Å². The molecule has 0 atom stereocenters. The van der Waals surface area contributed by atoms with Crippen LogP contribution in [0.15, 0.2) is 18.3 Å². The second kappa shape index (κ2) is 4.23. The number of nitrogens with one attached hydrogen (secondary N) is 1. The number of benzene rings is 1. The SMILES string of the molecule is C.NCCc1c[nH]c2c(O)ccc(O)c12. The first-order valence-corrected chi connectivity index (χ1v) is 4.45. The Bertz CT molecular complexity index is 463. The van der Waals surface area contributed by atoms with Crippen LogP contribution in [0.5, 0.6) is 11.5 Å². The molecule has 15 heavy (non-hydrogen) atoms. The molecule has 0 aliphatic heterocycles. The van der Waals surface area contributed by atoms with Gasteiger partial charge in [-0.25, -0.2) is 0 Å². The number of aromatic amines is 1. The van der Waals surface area contributed by atoms with Gasteiger partial charge in [0, 0.05) is 11.6 Å². The predicted octanol–water partition coefficient (Wildman–Crippen LogP) is 1.72. The number of phenols is 2. The molecule has 0 saturated carbocycles. The molecule has 1 aromatic carbocycles. The summed E-state index contributed by atoms with van der Waals surface area (Å²) < 4.78 is 0. The Morgan fingerprint density at radius 3 is 2.53 bits per heavy atom. The zero-order valence-electron chi connectivity index (χ0n) is 7.62. The van der Waals surface area contributed by atoms with Gasteiger partial charge in [-0.2, -0.15) is 0 Å². The van der Waals surface area contributed by atoms with Gasteiger partial charge in [0.2, 0.25) is 0 Å². The van der Waals surface area contributed by atoms with Crippen LogP contribution in [0.1, 0.15) is 13.0 Å². The van der Waals surface area contributed by atoms with Crippen molar-refractivity contribution >= 4 is 10.9 Å². The van der Waals surface area contributed by atoms with Crippen LogP contribution < -0.4 is 5.73 Å². The Kier molecular flexibility index (Phi) is 3.21. The van der Waals surface area contributed by atoms with E-state index in [9.17, 15) is 10.2 Å². The molecule has 0 unspecified atom stereocenters. The topological polar surface area (TPSA) is 82.3 Å². The lowest BCUT2D eigenvalue weighted by Crippen LogP contribution is -2.01. The van der Waals surface area contributed by atoms with E-state index in [2.05, 4.69) is 4.98 Å². The Morgan fingerprint density at radius 1 is 1.20 bits per heavy atom. The molecule has 0 aliphatic rings. The average Bonchev–Trinajstić information content (AvgIpc) is 2.58. The van der Waals surface area contributed by atoms with Gasteiger partial charge in [0.05, 0.1) is 5.52 Å². The van der Waals surface area contributed by atoms with Crippen LogP contribution in [0.3, 0.4) is 0 Å². The molecule has 0 aliphatic carbocycles. The molecule has 1 aromatic heterocycles. The molecule has 4 heteroatoms. The molecular weight excluding hydrogens is 192 g/mol. The van der Waals surface area contributed by atoms with Gasteiger partial charge in [0.25, 0.3) is 0 Å². The molecule has 1 heterocycles. The van der Waals surface area contributed by atoms with Gasteiger partial charge in [-0.15, -0.1) is 0 Å². The second-order valence-electron chi connectivity index (χ2n) is 3.21. The summed E-state index contributed by atoms with van der Waals surface area (Å²) in [6.07, 6.45) is 2.44. The van der Waals surface area contributed by atoms with Gasteiger partial charge in [-0.1, -0.05) is 7.43 Å². The van der Waals surface area contributed by atoms with Crippen molar-refractivity contribution in [2.24, 2.45) is 5.73 Å². The van der Waals surface area contributed by atoms with E-state index >= 15 is 0 Å². The van der Waals surface area contributed by atoms with Crippen molar-refractivity contribution < 1.29 is 10.2 Å². The van der Waals surface area contributed by atoms with Gasteiger partial charge >= 0.3 is 0 Å². The lowest BCUT2D eigenvalue weighted by atomic mass is 10.1. The summed E-state index contributed by atoms with van der Waals surface area (Å²) in [6, 6.07) is 2.94. The van der Waals surface area contributed by atoms with Crippen LogP contribution in [0, 0.1) is 0 Å². The first-order chi connectivity index (χ1) is 6.74. The van der Waals surface area contributed by atoms with Crippen molar-refractivity contribution in [3.05, 3.63) is 23.9 Å². The van der Waals surface area contributed by atoms with Crippen LogP contribution in [0.4, 0.5) is 0 Å². The molecule has 0 fully saturated rings. The Hall–Kier alpha value is -1.68. The Labute approximate surface area is 88.4 Å². The van der Waals surface area contributed by atoms with E-state index in [0.29, 0.717) is 23.9 Å². The maximum atomic E-state index is 9.62. The van der Waals surface area contributed by atoms with Crippen LogP contribution in [0.2, 0.25) is 0 Å². The van der Waals surface area contributed by atoms with E-state index in [-0.39, 0.29) is 18.9 Å². The van der Waals surface area contributed by atoms with E-state index in [0.717, 1.165) is 5.56 Å². The smallest absolute Gasteiger partial charge is 0.139 e. The summed E-state index contributed by atoms with van der Waals surface area (Å²) in [7, 11) is 0. The summed E-state index contributed by atoms with van der Waals surface area (Å²) in [4.78, 5) is 2.92. The molecule has 0 saturated heterocycles. The minimum Gasteiger partial charge on any atom is -0.507 e. The maximum absolute atomic E-state index is 9.62. The molecule has 0 radical (unpaired) electrons. The summed E-state index contributed by atoms with van der Waals surface area (Å²) in [6.45, 7) is 0.516. The molecule has 0 spiro atoms. The van der Waals surface area contributed by atoms with Crippen LogP contribution in [-0.2, 0) is 6.42 Å². The third kappa shape index (κ3) is 1.76. The largest absolute Gasteiger partial charge is 0.507 e. The second-order valence-corrected chi connectivity index (χ2v) is 3.21. The summed E-state index contributed by atoms with van der Waals surface area (Å²) in [5.41, 5.74) is 6.93. The highest BCUT2D eigenvalue weighted by atomic mass is 16.3. The van der Waals surface area contributed by atoms with Crippen molar-refractivity contribution in [1.29, 1.82) is 0 Å². The van der Waals surface area contributed by atoms with Crippen LogP contribution in [0.25, 0.3) is 10.9 Å². The number of nitrogens with two attached hydrogens (primary N) is 1. The monoisotopic (exact) mass is 208 g/mol. The third-order valence-corrected chi connectivity index (χ3v) is 2.29. The first-order valence-electron chi connectivity index (χ1n) is 4.45. The van der Waals surface area contributed by atoms with E-state index in [1.165, 1.54) is 12.1 Å². The van der Waals surface area contributed by atoms with Crippen molar-refractivity contribution in [2.75, 3.05) is 6.54 Å². The number of hydrogen-bond donors (Lipinski definition) is 4.